The first-order chi connectivity index (χ1) is 9.66. The van der Waals surface area contributed by atoms with Crippen molar-refractivity contribution in [2.45, 2.75) is 19.3 Å². The minimum Gasteiger partial charge on any atom is -0.370 e. The van der Waals surface area contributed by atoms with Crippen LogP contribution in [0.2, 0.25) is 0 Å². The second-order valence-electron chi connectivity index (χ2n) is 5.54. The van der Waals surface area contributed by atoms with E-state index in [1.807, 2.05) is 26.4 Å². The maximum absolute atomic E-state index is 12.1. The van der Waals surface area contributed by atoms with Crippen molar-refractivity contribution in [3.8, 4) is 0 Å². The van der Waals surface area contributed by atoms with Gasteiger partial charge < -0.3 is 15.1 Å². The lowest BCUT2D eigenvalue weighted by atomic mass is 10.2. The topological polar surface area (TPSA) is 48.5 Å². The molecule has 2 heterocycles. The van der Waals surface area contributed by atoms with Gasteiger partial charge in [0.2, 0.25) is 0 Å². The van der Waals surface area contributed by atoms with Gasteiger partial charge in [-0.05, 0) is 46.0 Å². The number of hydrogen-bond donors (Lipinski definition) is 1. The first kappa shape index (κ1) is 14.8. The van der Waals surface area contributed by atoms with Gasteiger partial charge in [0.05, 0.1) is 17.4 Å². The molecule has 0 unspecified atom stereocenters. The van der Waals surface area contributed by atoms with Crippen LogP contribution >= 0.6 is 0 Å². The van der Waals surface area contributed by atoms with E-state index in [1.54, 1.807) is 6.20 Å². The number of nitrogens with zero attached hydrogens (tertiary/aromatic N) is 3. The predicted octanol–water partition coefficient (Wildman–Crippen LogP) is 1.36. The largest absolute Gasteiger partial charge is 0.370 e. The summed E-state index contributed by atoms with van der Waals surface area (Å²) in [5.74, 6) is -0.0303. The van der Waals surface area contributed by atoms with Gasteiger partial charge in [-0.15, -0.1) is 0 Å². The van der Waals surface area contributed by atoms with Crippen LogP contribution in [0.15, 0.2) is 18.5 Å². The van der Waals surface area contributed by atoms with Gasteiger partial charge in [-0.3, -0.25) is 9.78 Å². The minimum absolute atomic E-state index is 0.0303. The van der Waals surface area contributed by atoms with Crippen molar-refractivity contribution in [2.24, 2.45) is 0 Å². The van der Waals surface area contributed by atoms with Crippen LogP contribution in [-0.4, -0.2) is 56.1 Å². The fraction of sp³-hybridized carbons (Fsp3) is 0.600. The van der Waals surface area contributed by atoms with Gasteiger partial charge in [0.15, 0.2) is 0 Å². The Morgan fingerprint density at radius 1 is 1.35 bits per heavy atom. The van der Waals surface area contributed by atoms with Crippen LogP contribution in [-0.2, 0) is 0 Å². The van der Waals surface area contributed by atoms with E-state index in [9.17, 15) is 4.79 Å². The van der Waals surface area contributed by atoms with Crippen molar-refractivity contribution in [3.63, 3.8) is 0 Å². The second kappa shape index (κ2) is 7.24. The number of hydrogen-bond acceptors (Lipinski definition) is 4. The molecule has 1 aliphatic heterocycles. The third kappa shape index (κ3) is 4.20. The molecule has 0 aromatic carbocycles. The molecule has 0 bridgehead atoms. The average Bonchev–Trinajstić information content (AvgIpc) is 2.97. The molecule has 0 radical (unpaired) electrons. The highest BCUT2D eigenvalue weighted by Crippen LogP contribution is 2.19. The molecule has 1 aliphatic rings. The molecule has 1 fully saturated rings. The van der Waals surface area contributed by atoms with Crippen molar-refractivity contribution in [1.29, 1.82) is 0 Å². The smallest absolute Gasteiger partial charge is 0.252 e. The highest BCUT2D eigenvalue weighted by atomic mass is 16.1. The fourth-order valence-electron chi connectivity index (χ4n) is 2.40. The summed E-state index contributed by atoms with van der Waals surface area (Å²) < 4.78 is 0. The average molecular weight is 276 g/mol. The first-order valence-corrected chi connectivity index (χ1v) is 7.30. The zero-order valence-electron chi connectivity index (χ0n) is 12.4. The van der Waals surface area contributed by atoms with Crippen LogP contribution in [0.5, 0.6) is 0 Å². The number of carbonyl (C=O) groups is 1. The number of rotatable bonds is 6. The Morgan fingerprint density at radius 3 is 2.80 bits per heavy atom. The Hall–Kier alpha value is -1.62. The molecule has 1 aromatic rings. The quantitative estimate of drug-likeness (QED) is 0.797. The molecule has 1 N–H and O–H groups in total. The van der Waals surface area contributed by atoms with E-state index in [0.717, 1.165) is 31.7 Å². The summed E-state index contributed by atoms with van der Waals surface area (Å²) in [5, 5.41) is 2.95. The number of amides is 1. The third-order valence-corrected chi connectivity index (χ3v) is 3.52. The van der Waals surface area contributed by atoms with E-state index in [0.29, 0.717) is 12.1 Å². The Labute approximate surface area is 121 Å². The Morgan fingerprint density at radius 2 is 2.10 bits per heavy atom. The summed E-state index contributed by atoms with van der Waals surface area (Å²) in [6.07, 6.45) is 6.88. The van der Waals surface area contributed by atoms with Gasteiger partial charge >= 0.3 is 0 Å². The molecule has 0 atom stereocenters. The Kier molecular flexibility index (Phi) is 5.35. The summed E-state index contributed by atoms with van der Waals surface area (Å²) in [6.45, 7) is 3.81. The molecule has 5 nitrogen and oxygen atoms in total. The molecule has 0 spiro atoms. The van der Waals surface area contributed by atoms with E-state index < -0.39 is 0 Å². The van der Waals surface area contributed by atoms with Gasteiger partial charge in [0, 0.05) is 25.8 Å². The van der Waals surface area contributed by atoms with E-state index in [4.69, 9.17) is 0 Å². The number of anilines is 1. The van der Waals surface area contributed by atoms with E-state index in [1.165, 1.54) is 12.8 Å². The molecule has 110 valence electrons. The number of carbonyl (C=O) groups excluding carboxylic acids is 1. The van der Waals surface area contributed by atoms with E-state index >= 15 is 0 Å². The van der Waals surface area contributed by atoms with Gasteiger partial charge in [-0.2, -0.15) is 0 Å². The molecular formula is C15H24N4O. The highest BCUT2D eigenvalue weighted by Gasteiger charge is 2.14. The standard InChI is InChI=1S/C15H24N4O/c1-18(2)7-5-6-17-15(20)13-10-14(12-16-11-13)19-8-3-4-9-19/h10-12H,3-9H2,1-2H3,(H,17,20). The molecule has 0 saturated carbocycles. The van der Waals surface area contributed by atoms with Crippen molar-refractivity contribution >= 4 is 11.6 Å². The van der Waals surface area contributed by atoms with Crippen LogP contribution in [0.25, 0.3) is 0 Å². The van der Waals surface area contributed by atoms with Crippen molar-refractivity contribution in [1.82, 2.24) is 15.2 Å². The normalized spacial score (nSPS) is 14.8. The third-order valence-electron chi connectivity index (χ3n) is 3.52. The second-order valence-corrected chi connectivity index (χ2v) is 5.54. The molecule has 1 amide bonds. The lowest BCUT2D eigenvalue weighted by molar-refractivity contribution is 0.0952. The highest BCUT2D eigenvalue weighted by molar-refractivity contribution is 5.94. The van der Waals surface area contributed by atoms with E-state index in [2.05, 4.69) is 20.1 Å². The maximum atomic E-state index is 12.1. The molecular weight excluding hydrogens is 252 g/mol. The van der Waals surface area contributed by atoms with Crippen LogP contribution < -0.4 is 10.2 Å². The number of nitrogens with one attached hydrogen (secondary N) is 1. The van der Waals surface area contributed by atoms with Gasteiger partial charge in [0.25, 0.3) is 5.91 Å². The first-order valence-electron chi connectivity index (χ1n) is 7.30. The van der Waals surface area contributed by atoms with Crippen molar-refractivity contribution < 1.29 is 4.79 Å². The molecule has 1 aromatic heterocycles. The Balaban J connectivity index is 1.87. The summed E-state index contributed by atoms with van der Waals surface area (Å²) >= 11 is 0. The number of pyridine rings is 1. The van der Waals surface area contributed by atoms with Crippen LogP contribution in [0.1, 0.15) is 29.6 Å². The zero-order valence-corrected chi connectivity index (χ0v) is 12.4. The maximum Gasteiger partial charge on any atom is 0.252 e. The molecule has 1 saturated heterocycles. The van der Waals surface area contributed by atoms with E-state index in [-0.39, 0.29) is 5.91 Å². The van der Waals surface area contributed by atoms with Crippen LogP contribution in [0.3, 0.4) is 0 Å². The van der Waals surface area contributed by atoms with Gasteiger partial charge in [-0.25, -0.2) is 0 Å². The Bertz CT molecular complexity index is 441. The fourth-order valence-corrected chi connectivity index (χ4v) is 2.40. The van der Waals surface area contributed by atoms with Gasteiger partial charge in [-0.1, -0.05) is 0 Å². The summed E-state index contributed by atoms with van der Waals surface area (Å²) in [5.41, 5.74) is 1.71. The summed E-state index contributed by atoms with van der Waals surface area (Å²) in [6, 6.07) is 1.94. The molecule has 20 heavy (non-hydrogen) atoms. The summed E-state index contributed by atoms with van der Waals surface area (Å²) in [7, 11) is 4.07. The summed E-state index contributed by atoms with van der Waals surface area (Å²) in [4.78, 5) is 20.7. The zero-order chi connectivity index (χ0) is 14.4. The van der Waals surface area contributed by atoms with Crippen LogP contribution in [0, 0.1) is 0 Å². The van der Waals surface area contributed by atoms with Crippen molar-refractivity contribution in [2.75, 3.05) is 45.2 Å². The lowest BCUT2D eigenvalue weighted by Gasteiger charge is -2.17. The molecule has 5 heteroatoms. The molecule has 2 rings (SSSR count). The minimum atomic E-state index is -0.0303. The number of aromatic nitrogens is 1. The van der Waals surface area contributed by atoms with Crippen molar-refractivity contribution in [3.05, 3.63) is 24.0 Å². The predicted molar refractivity (Wildman–Crippen MR) is 81.2 cm³/mol. The van der Waals surface area contributed by atoms with Gasteiger partial charge in [0.1, 0.15) is 0 Å². The monoisotopic (exact) mass is 276 g/mol. The lowest BCUT2D eigenvalue weighted by Crippen LogP contribution is -2.27. The van der Waals surface area contributed by atoms with Crippen LogP contribution in [0.4, 0.5) is 5.69 Å². The molecule has 0 aliphatic carbocycles. The SMILES string of the molecule is CN(C)CCCNC(=O)c1cncc(N2CCCC2)c1.